The Morgan fingerprint density at radius 2 is 1.89 bits per heavy atom. The fourth-order valence-corrected chi connectivity index (χ4v) is 3.12. The van der Waals surface area contributed by atoms with Crippen molar-refractivity contribution in [2.24, 2.45) is 0 Å². The maximum Gasteiger partial charge on any atom is 0.339 e. The first kappa shape index (κ1) is 18.7. The van der Waals surface area contributed by atoms with Gasteiger partial charge in [0.2, 0.25) is 5.91 Å². The number of carboxylic acids is 1. The molecule has 0 atom stereocenters. The van der Waals surface area contributed by atoms with Gasteiger partial charge in [0.1, 0.15) is 11.2 Å². The van der Waals surface area contributed by atoms with E-state index in [-0.39, 0.29) is 25.2 Å². The molecule has 0 saturated carbocycles. The number of fused-ring (bicyclic) bond motifs is 2. The van der Waals surface area contributed by atoms with E-state index in [1.165, 1.54) is 0 Å². The number of rotatable bonds is 7. The molecule has 27 heavy (non-hydrogen) atoms. The quantitative estimate of drug-likeness (QED) is 0.488. The van der Waals surface area contributed by atoms with E-state index >= 15 is 0 Å². The van der Waals surface area contributed by atoms with Gasteiger partial charge < -0.3 is 19.3 Å². The van der Waals surface area contributed by atoms with Gasteiger partial charge in [0.05, 0.1) is 6.26 Å². The normalized spacial score (nSPS) is 11.2. The molecular weight excluding hydrogens is 350 g/mol. The average Bonchev–Trinajstić information content (AvgIpc) is 2.97. The van der Waals surface area contributed by atoms with E-state index in [4.69, 9.17) is 13.9 Å². The number of benzene rings is 1. The molecule has 142 valence electrons. The van der Waals surface area contributed by atoms with Crippen LogP contribution >= 0.6 is 0 Å². The Hall–Kier alpha value is -3.09. The van der Waals surface area contributed by atoms with Gasteiger partial charge in [-0.15, -0.1) is 0 Å². The molecule has 0 spiro atoms. The van der Waals surface area contributed by atoms with Crippen molar-refractivity contribution in [1.29, 1.82) is 0 Å². The van der Waals surface area contributed by atoms with Crippen LogP contribution in [-0.2, 0) is 16.0 Å². The number of nitrogens with one attached hydrogen (secondary N) is 1. The second-order valence-electron chi connectivity index (χ2n) is 6.60. The van der Waals surface area contributed by atoms with Crippen LogP contribution in [0.1, 0.15) is 36.0 Å². The zero-order chi connectivity index (χ0) is 19.6. The molecule has 0 radical (unpaired) electrons. The minimum atomic E-state index is -0.893. The molecule has 0 unspecified atom stereocenters. The highest BCUT2D eigenvalue weighted by Gasteiger charge is 2.15. The van der Waals surface area contributed by atoms with Crippen molar-refractivity contribution in [3.63, 3.8) is 0 Å². The maximum atomic E-state index is 12.3. The number of aryl methyl sites for hydroxylation is 2. The van der Waals surface area contributed by atoms with Crippen molar-refractivity contribution < 1.29 is 23.5 Å². The van der Waals surface area contributed by atoms with Crippen molar-refractivity contribution in [2.45, 2.75) is 39.5 Å². The van der Waals surface area contributed by atoms with Crippen LogP contribution in [0.3, 0.4) is 0 Å². The molecular formula is C20H21NO6. The number of aliphatic carboxylic acids is 1. The number of carbonyl (C=O) groups is 2. The summed E-state index contributed by atoms with van der Waals surface area (Å²) in [5, 5.41) is 13.0. The zero-order valence-electron chi connectivity index (χ0n) is 15.3. The monoisotopic (exact) mass is 371 g/mol. The number of hydrogen-bond acceptors (Lipinski definition) is 5. The third-order valence-electron chi connectivity index (χ3n) is 4.67. The van der Waals surface area contributed by atoms with E-state index in [1.807, 2.05) is 19.9 Å². The Morgan fingerprint density at radius 1 is 1.11 bits per heavy atom. The van der Waals surface area contributed by atoms with Gasteiger partial charge >= 0.3 is 11.6 Å². The molecule has 1 aromatic carbocycles. The van der Waals surface area contributed by atoms with Crippen LogP contribution in [0.5, 0.6) is 0 Å². The summed E-state index contributed by atoms with van der Waals surface area (Å²) in [7, 11) is 0. The molecule has 3 rings (SSSR count). The van der Waals surface area contributed by atoms with E-state index < -0.39 is 11.6 Å². The summed E-state index contributed by atoms with van der Waals surface area (Å²) in [6.07, 6.45) is 2.44. The molecule has 0 bridgehead atoms. The van der Waals surface area contributed by atoms with Gasteiger partial charge in [-0.3, -0.25) is 9.59 Å². The Kier molecular flexibility index (Phi) is 5.30. The van der Waals surface area contributed by atoms with Crippen LogP contribution < -0.4 is 10.9 Å². The molecule has 0 aliphatic rings. The molecule has 2 heterocycles. The van der Waals surface area contributed by atoms with Gasteiger partial charge in [-0.1, -0.05) is 0 Å². The van der Waals surface area contributed by atoms with Gasteiger partial charge in [-0.05, 0) is 43.9 Å². The molecule has 2 aromatic heterocycles. The van der Waals surface area contributed by atoms with Crippen molar-refractivity contribution in [3.8, 4) is 0 Å². The first-order valence-electron chi connectivity index (χ1n) is 8.79. The summed E-state index contributed by atoms with van der Waals surface area (Å²) < 4.78 is 10.9. The van der Waals surface area contributed by atoms with Gasteiger partial charge in [0.25, 0.3) is 0 Å². The topological polar surface area (TPSA) is 110 Å². The number of furan rings is 1. The third-order valence-corrected chi connectivity index (χ3v) is 4.67. The van der Waals surface area contributed by atoms with Crippen molar-refractivity contribution in [3.05, 3.63) is 45.5 Å². The summed E-state index contributed by atoms with van der Waals surface area (Å²) in [5.41, 5.74) is 2.93. The van der Waals surface area contributed by atoms with Gasteiger partial charge in [-0.25, -0.2) is 4.79 Å². The minimum absolute atomic E-state index is 0.00947. The summed E-state index contributed by atoms with van der Waals surface area (Å²) in [4.78, 5) is 34.7. The fraction of sp³-hybridized carbons (Fsp3) is 0.350. The second-order valence-corrected chi connectivity index (χ2v) is 6.60. The summed E-state index contributed by atoms with van der Waals surface area (Å²) in [5.74, 6) is -1.11. The van der Waals surface area contributed by atoms with Crippen molar-refractivity contribution >= 4 is 33.8 Å². The first-order chi connectivity index (χ1) is 12.9. The van der Waals surface area contributed by atoms with Crippen molar-refractivity contribution in [1.82, 2.24) is 5.32 Å². The van der Waals surface area contributed by atoms with Crippen LogP contribution in [0.25, 0.3) is 21.9 Å². The van der Waals surface area contributed by atoms with Crippen LogP contribution in [0.15, 0.2) is 32.0 Å². The van der Waals surface area contributed by atoms with Gasteiger partial charge in [-0.2, -0.15) is 0 Å². The molecule has 0 aliphatic carbocycles. The molecule has 0 aliphatic heterocycles. The summed E-state index contributed by atoms with van der Waals surface area (Å²) in [6, 6.07) is 3.66. The highest BCUT2D eigenvalue weighted by atomic mass is 16.4. The predicted octanol–water partition coefficient (Wildman–Crippen LogP) is 3.07. The molecule has 7 nitrogen and oxygen atoms in total. The van der Waals surface area contributed by atoms with E-state index in [0.717, 1.165) is 21.9 Å². The van der Waals surface area contributed by atoms with Crippen LogP contribution in [0, 0.1) is 13.8 Å². The van der Waals surface area contributed by atoms with E-state index in [0.29, 0.717) is 29.7 Å². The highest BCUT2D eigenvalue weighted by Crippen LogP contribution is 2.28. The van der Waals surface area contributed by atoms with E-state index in [9.17, 15) is 14.4 Å². The molecule has 7 heteroatoms. The molecule has 2 N–H and O–H groups in total. The van der Waals surface area contributed by atoms with E-state index in [2.05, 4.69) is 5.32 Å². The lowest BCUT2D eigenvalue weighted by Gasteiger charge is -2.08. The summed E-state index contributed by atoms with van der Waals surface area (Å²) in [6.45, 7) is 4.09. The van der Waals surface area contributed by atoms with Crippen LogP contribution in [0.2, 0.25) is 0 Å². The van der Waals surface area contributed by atoms with Crippen molar-refractivity contribution in [2.75, 3.05) is 6.54 Å². The maximum absolute atomic E-state index is 12.3. The molecule has 0 saturated heterocycles. The Bertz CT molecular complexity index is 1080. The lowest BCUT2D eigenvalue weighted by molar-refractivity contribution is -0.137. The lowest BCUT2D eigenvalue weighted by atomic mass is 10.0. The van der Waals surface area contributed by atoms with Gasteiger partial charge in [0.15, 0.2) is 0 Å². The molecule has 3 aromatic rings. The second kappa shape index (κ2) is 7.65. The zero-order valence-corrected chi connectivity index (χ0v) is 15.3. The Balaban J connectivity index is 1.77. The van der Waals surface area contributed by atoms with Crippen LogP contribution in [0.4, 0.5) is 0 Å². The molecule has 1 amide bonds. The minimum Gasteiger partial charge on any atom is -0.481 e. The lowest BCUT2D eigenvalue weighted by Crippen LogP contribution is -2.26. The van der Waals surface area contributed by atoms with Gasteiger partial charge in [0, 0.05) is 41.8 Å². The largest absolute Gasteiger partial charge is 0.481 e. The fourth-order valence-electron chi connectivity index (χ4n) is 3.12. The van der Waals surface area contributed by atoms with Crippen LogP contribution in [-0.4, -0.2) is 23.5 Å². The first-order valence-corrected chi connectivity index (χ1v) is 8.79. The highest BCUT2D eigenvalue weighted by molar-refractivity contribution is 5.96. The average molecular weight is 371 g/mol. The van der Waals surface area contributed by atoms with E-state index in [1.54, 1.807) is 12.3 Å². The SMILES string of the molecule is Cc1coc2cc3oc(=O)c(CCC(=O)NCCCC(=O)O)c(C)c3cc12. The number of hydrogen-bond donors (Lipinski definition) is 2. The molecule has 0 fully saturated rings. The predicted molar refractivity (Wildman–Crippen MR) is 99.9 cm³/mol. The summed E-state index contributed by atoms with van der Waals surface area (Å²) >= 11 is 0. The smallest absolute Gasteiger partial charge is 0.339 e. The number of carboxylic acid groups (broad SMARTS) is 1. The third kappa shape index (κ3) is 4.02. The Morgan fingerprint density at radius 3 is 2.63 bits per heavy atom. The number of amides is 1. The standard InChI is InChI=1S/C20H21NO6/c1-11-10-26-16-9-17-15(8-14(11)16)12(2)13(20(25)27-17)5-6-18(22)21-7-3-4-19(23)24/h8-10H,3-7H2,1-2H3,(H,21,22)(H,23,24). The Labute approximate surface area is 155 Å². The number of carbonyl (C=O) groups excluding carboxylic acids is 1.